The third-order valence-corrected chi connectivity index (χ3v) is 4.04. The van der Waals surface area contributed by atoms with Gasteiger partial charge in [-0.1, -0.05) is 40.6 Å². The highest BCUT2D eigenvalue weighted by molar-refractivity contribution is 6.01. The summed E-state index contributed by atoms with van der Waals surface area (Å²) in [5.41, 5.74) is 2.10. The zero-order valence-electron chi connectivity index (χ0n) is 14.3. The number of aromatic nitrogens is 3. The molecule has 0 saturated carbocycles. The van der Waals surface area contributed by atoms with Crippen LogP contribution in [0.1, 0.15) is 35.0 Å². The SMILES string of the molecule is Cc1noc(C(C)NC(=O)c2ccc3noc(-c4ccccc4)c3c2)n1. The summed E-state index contributed by atoms with van der Waals surface area (Å²) in [5.74, 6) is 1.29. The van der Waals surface area contributed by atoms with Gasteiger partial charge in [0.1, 0.15) is 11.6 Å². The molecule has 0 spiro atoms. The van der Waals surface area contributed by atoms with Crippen molar-refractivity contribution in [1.29, 1.82) is 0 Å². The second-order valence-corrected chi connectivity index (χ2v) is 5.98. The number of aryl methyl sites for hydroxylation is 1. The van der Waals surface area contributed by atoms with Crippen molar-refractivity contribution in [2.45, 2.75) is 19.9 Å². The van der Waals surface area contributed by atoms with Crippen molar-refractivity contribution in [2.24, 2.45) is 0 Å². The molecule has 0 saturated heterocycles. The van der Waals surface area contributed by atoms with Crippen LogP contribution in [-0.2, 0) is 0 Å². The van der Waals surface area contributed by atoms with Gasteiger partial charge in [-0.25, -0.2) is 0 Å². The molecule has 0 aliphatic heterocycles. The maximum Gasteiger partial charge on any atom is 0.251 e. The summed E-state index contributed by atoms with van der Waals surface area (Å²) in [5, 5.41) is 11.4. The van der Waals surface area contributed by atoms with Gasteiger partial charge >= 0.3 is 0 Å². The first-order valence-corrected chi connectivity index (χ1v) is 8.18. The smallest absolute Gasteiger partial charge is 0.251 e. The zero-order chi connectivity index (χ0) is 18.1. The van der Waals surface area contributed by atoms with Crippen LogP contribution in [0.4, 0.5) is 0 Å². The molecule has 1 amide bonds. The number of fused-ring (bicyclic) bond motifs is 1. The summed E-state index contributed by atoms with van der Waals surface area (Å²) in [7, 11) is 0. The number of rotatable bonds is 4. The molecule has 2 aromatic carbocycles. The highest BCUT2D eigenvalue weighted by Gasteiger charge is 2.18. The summed E-state index contributed by atoms with van der Waals surface area (Å²) in [6, 6.07) is 14.5. The van der Waals surface area contributed by atoms with E-state index in [4.69, 9.17) is 9.05 Å². The Morgan fingerprint density at radius 2 is 1.88 bits per heavy atom. The molecule has 0 aliphatic rings. The third kappa shape index (κ3) is 2.95. The van der Waals surface area contributed by atoms with Crippen molar-refractivity contribution in [3.63, 3.8) is 0 Å². The van der Waals surface area contributed by atoms with Gasteiger partial charge in [-0.15, -0.1) is 0 Å². The lowest BCUT2D eigenvalue weighted by molar-refractivity contribution is 0.0932. The Labute approximate surface area is 149 Å². The van der Waals surface area contributed by atoms with E-state index < -0.39 is 6.04 Å². The van der Waals surface area contributed by atoms with Crippen LogP contribution in [-0.4, -0.2) is 21.2 Å². The number of carbonyl (C=O) groups excluding carboxylic acids is 1. The predicted octanol–water partition coefficient (Wildman–Crippen LogP) is 3.68. The number of benzene rings is 2. The molecule has 7 heteroatoms. The zero-order valence-corrected chi connectivity index (χ0v) is 14.3. The van der Waals surface area contributed by atoms with Gasteiger partial charge in [-0.05, 0) is 32.0 Å². The molecule has 0 bridgehead atoms. The van der Waals surface area contributed by atoms with E-state index in [0.29, 0.717) is 28.6 Å². The molecule has 1 atom stereocenters. The van der Waals surface area contributed by atoms with Crippen LogP contribution >= 0.6 is 0 Å². The van der Waals surface area contributed by atoms with Gasteiger partial charge in [-0.2, -0.15) is 4.98 Å². The Kier molecular flexibility index (Phi) is 3.96. The largest absolute Gasteiger partial charge is 0.355 e. The number of hydrogen-bond donors (Lipinski definition) is 1. The quantitative estimate of drug-likeness (QED) is 0.604. The molecule has 0 radical (unpaired) electrons. The fourth-order valence-electron chi connectivity index (χ4n) is 2.71. The molecule has 2 aromatic heterocycles. The maximum atomic E-state index is 12.6. The summed E-state index contributed by atoms with van der Waals surface area (Å²) >= 11 is 0. The normalized spacial score (nSPS) is 12.2. The lowest BCUT2D eigenvalue weighted by Crippen LogP contribution is -2.26. The highest BCUT2D eigenvalue weighted by atomic mass is 16.5. The molecule has 0 fully saturated rings. The predicted molar refractivity (Wildman–Crippen MR) is 94.4 cm³/mol. The molecule has 0 aliphatic carbocycles. The van der Waals surface area contributed by atoms with E-state index in [1.54, 1.807) is 32.0 Å². The van der Waals surface area contributed by atoms with Crippen LogP contribution in [0.15, 0.2) is 57.6 Å². The minimum Gasteiger partial charge on any atom is -0.355 e. The summed E-state index contributed by atoms with van der Waals surface area (Å²) in [6.07, 6.45) is 0. The minimum absolute atomic E-state index is 0.240. The van der Waals surface area contributed by atoms with E-state index in [-0.39, 0.29) is 5.91 Å². The lowest BCUT2D eigenvalue weighted by atomic mass is 10.1. The van der Waals surface area contributed by atoms with Crippen LogP contribution in [0.2, 0.25) is 0 Å². The van der Waals surface area contributed by atoms with Crippen LogP contribution in [0.5, 0.6) is 0 Å². The van der Waals surface area contributed by atoms with Gasteiger partial charge in [0.15, 0.2) is 11.6 Å². The Morgan fingerprint density at radius 3 is 2.62 bits per heavy atom. The Hall–Kier alpha value is -3.48. The molecule has 7 nitrogen and oxygen atoms in total. The number of hydrogen-bond acceptors (Lipinski definition) is 6. The third-order valence-electron chi connectivity index (χ3n) is 4.04. The molecule has 4 aromatic rings. The van der Waals surface area contributed by atoms with Gasteiger partial charge in [0.25, 0.3) is 5.91 Å². The van der Waals surface area contributed by atoms with Crippen LogP contribution < -0.4 is 5.32 Å². The van der Waals surface area contributed by atoms with Gasteiger partial charge in [0.2, 0.25) is 5.89 Å². The second-order valence-electron chi connectivity index (χ2n) is 5.98. The summed E-state index contributed by atoms with van der Waals surface area (Å²) in [6.45, 7) is 3.52. The topological polar surface area (TPSA) is 94.1 Å². The lowest BCUT2D eigenvalue weighted by Gasteiger charge is -2.09. The van der Waals surface area contributed by atoms with E-state index in [9.17, 15) is 4.79 Å². The van der Waals surface area contributed by atoms with Crippen molar-refractivity contribution >= 4 is 16.8 Å². The first-order valence-electron chi connectivity index (χ1n) is 8.18. The number of nitrogens with one attached hydrogen (secondary N) is 1. The minimum atomic E-state index is -0.393. The summed E-state index contributed by atoms with van der Waals surface area (Å²) < 4.78 is 10.6. The molecule has 1 unspecified atom stereocenters. The molecule has 1 N–H and O–H groups in total. The van der Waals surface area contributed by atoms with Crippen LogP contribution in [0.3, 0.4) is 0 Å². The van der Waals surface area contributed by atoms with E-state index >= 15 is 0 Å². The van der Waals surface area contributed by atoms with Gasteiger partial charge in [-0.3, -0.25) is 4.79 Å². The Morgan fingerprint density at radius 1 is 1.08 bits per heavy atom. The Balaban J connectivity index is 1.63. The maximum absolute atomic E-state index is 12.6. The van der Waals surface area contributed by atoms with E-state index in [2.05, 4.69) is 20.6 Å². The second kappa shape index (κ2) is 6.44. The highest BCUT2D eigenvalue weighted by Crippen LogP contribution is 2.29. The monoisotopic (exact) mass is 348 g/mol. The van der Waals surface area contributed by atoms with E-state index in [0.717, 1.165) is 10.9 Å². The standard InChI is InChI=1S/C19H16N4O3/c1-11(19-21-12(2)22-26-19)20-18(24)14-8-9-16-15(10-14)17(25-23-16)13-6-4-3-5-7-13/h3-11H,1-2H3,(H,20,24). The van der Waals surface area contributed by atoms with Crippen molar-refractivity contribution in [2.75, 3.05) is 0 Å². The average Bonchev–Trinajstić information content (AvgIpc) is 3.28. The molecular formula is C19H16N4O3. The molecule has 130 valence electrons. The number of amides is 1. The van der Waals surface area contributed by atoms with Crippen LogP contribution in [0, 0.1) is 6.92 Å². The first-order chi connectivity index (χ1) is 12.6. The van der Waals surface area contributed by atoms with Gasteiger partial charge in [0.05, 0.1) is 5.39 Å². The van der Waals surface area contributed by atoms with Crippen molar-refractivity contribution < 1.29 is 13.8 Å². The molecule has 26 heavy (non-hydrogen) atoms. The van der Waals surface area contributed by atoms with Crippen molar-refractivity contribution in [1.82, 2.24) is 20.6 Å². The number of carbonyl (C=O) groups is 1. The van der Waals surface area contributed by atoms with Gasteiger partial charge < -0.3 is 14.4 Å². The molecule has 2 heterocycles. The Bertz CT molecular complexity index is 1070. The first kappa shape index (κ1) is 16.0. The molecular weight excluding hydrogens is 332 g/mol. The average molecular weight is 348 g/mol. The molecule has 4 rings (SSSR count). The van der Waals surface area contributed by atoms with E-state index in [1.807, 2.05) is 30.3 Å². The van der Waals surface area contributed by atoms with Crippen LogP contribution in [0.25, 0.3) is 22.2 Å². The van der Waals surface area contributed by atoms with E-state index in [1.165, 1.54) is 0 Å². The summed E-state index contributed by atoms with van der Waals surface area (Å²) in [4.78, 5) is 16.7. The van der Waals surface area contributed by atoms with Crippen molar-refractivity contribution in [3.8, 4) is 11.3 Å². The number of nitrogens with zero attached hydrogens (tertiary/aromatic N) is 3. The fourth-order valence-corrected chi connectivity index (χ4v) is 2.71. The van der Waals surface area contributed by atoms with Gasteiger partial charge in [0, 0.05) is 11.1 Å². The van der Waals surface area contributed by atoms with Crippen molar-refractivity contribution in [3.05, 3.63) is 65.8 Å². The fraction of sp³-hybridized carbons (Fsp3) is 0.158.